The van der Waals surface area contributed by atoms with Crippen molar-refractivity contribution in [3.63, 3.8) is 0 Å². The molecule has 0 amide bonds. The minimum atomic E-state index is -0.641. The van der Waals surface area contributed by atoms with Crippen LogP contribution in [0.1, 0.15) is 51.8 Å². The van der Waals surface area contributed by atoms with Crippen molar-refractivity contribution in [3.05, 3.63) is 90.6 Å². The summed E-state index contributed by atoms with van der Waals surface area (Å²) in [6.45, 7) is 12.4. The molecule has 0 spiro atoms. The highest BCUT2D eigenvalue weighted by Gasteiger charge is 2.33. The van der Waals surface area contributed by atoms with Crippen LogP contribution in [0.5, 0.6) is 5.75 Å². The average molecular weight is 520 g/mol. The number of fused-ring (bicyclic) bond motifs is 1. The molecule has 0 saturated carbocycles. The van der Waals surface area contributed by atoms with Gasteiger partial charge in [-0.1, -0.05) is 35.6 Å². The normalized spacial score (nSPS) is 15.3. The third-order valence-electron chi connectivity index (χ3n) is 6.34. The highest BCUT2D eigenvalue weighted by atomic mass is 32.1. The molecule has 1 atom stereocenters. The van der Waals surface area contributed by atoms with Crippen LogP contribution in [0, 0.1) is 0 Å². The first-order chi connectivity index (χ1) is 17.9. The molecule has 0 N–H and O–H groups in total. The Labute approximate surface area is 221 Å². The van der Waals surface area contributed by atoms with Crippen molar-refractivity contribution in [1.82, 2.24) is 4.57 Å². The van der Waals surface area contributed by atoms with E-state index in [1.807, 2.05) is 49.4 Å². The molecule has 2 heterocycles. The second kappa shape index (κ2) is 11.6. The molecule has 0 fully saturated rings. The number of carbonyl (C=O) groups is 1. The summed E-state index contributed by atoms with van der Waals surface area (Å²) in [6.07, 6.45) is 1.88. The van der Waals surface area contributed by atoms with Gasteiger partial charge in [-0.25, -0.2) is 9.79 Å². The lowest BCUT2D eigenvalue weighted by atomic mass is 9.96. The monoisotopic (exact) mass is 519 g/mol. The van der Waals surface area contributed by atoms with E-state index in [0.717, 1.165) is 35.7 Å². The number of ether oxygens (including phenoxy) is 2. The van der Waals surface area contributed by atoms with Crippen LogP contribution in [0.15, 0.2) is 69.6 Å². The van der Waals surface area contributed by atoms with Gasteiger partial charge in [0.05, 0.1) is 35.1 Å². The average Bonchev–Trinajstić information content (AvgIpc) is 3.20. The molecule has 1 aliphatic rings. The summed E-state index contributed by atoms with van der Waals surface area (Å²) in [5.41, 5.74) is 3.60. The molecule has 0 saturated heterocycles. The van der Waals surface area contributed by atoms with E-state index in [9.17, 15) is 9.59 Å². The van der Waals surface area contributed by atoms with Crippen molar-refractivity contribution >= 4 is 29.1 Å². The molecular formula is C29H33N3O4S. The van der Waals surface area contributed by atoms with Gasteiger partial charge in [-0.05, 0) is 76.1 Å². The fourth-order valence-corrected chi connectivity index (χ4v) is 5.59. The predicted molar refractivity (Wildman–Crippen MR) is 148 cm³/mol. The zero-order valence-corrected chi connectivity index (χ0v) is 22.8. The first kappa shape index (κ1) is 26.4. The molecule has 1 aliphatic heterocycles. The number of hydrogen-bond donors (Lipinski definition) is 0. The van der Waals surface area contributed by atoms with E-state index in [4.69, 9.17) is 9.47 Å². The van der Waals surface area contributed by atoms with Crippen LogP contribution in [0.3, 0.4) is 0 Å². The molecule has 4 rings (SSSR count). The summed E-state index contributed by atoms with van der Waals surface area (Å²) >= 11 is 1.32. The zero-order chi connectivity index (χ0) is 26.5. The maximum atomic E-state index is 13.7. The number of hydrogen-bond acceptors (Lipinski definition) is 7. The number of esters is 1. The Kier molecular flexibility index (Phi) is 8.28. The van der Waals surface area contributed by atoms with Crippen molar-refractivity contribution in [2.75, 3.05) is 31.2 Å². The van der Waals surface area contributed by atoms with Gasteiger partial charge in [-0.15, -0.1) is 0 Å². The zero-order valence-electron chi connectivity index (χ0n) is 22.0. The van der Waals surface area contributed by atoms with Crippen LogP contribution in [-0.2, 0) is 9.53 Å². The number of anilines is 1. The molecule has 0 unspecified atom stereocenters. The Balaban J connectivity index is 1.83. The molecule has 2 aromatic carbocycles. The van der Waals surface area contributed by atoms with Crippen molar-refractivity contribution in [2.24, 2.45) is 4.99 Å². The summed E-state index contributed by atoms with van der Waals surface area (Å²) in [5, 5.41) is 0. The molecule has 8 heteroatoms. The molecule has 3 aromatic rings. The van der Waals surface area contributed by atoms with Crippen LogP contribution in [0.25, 0.3) is 6.08 Å². The molecule has 37 heavy (non-hydrogen) atoms. The van der Waals surface area contributed by atoms with Gasteiger partial charge in [0.25, 0.3) is 5.56 Å². The van der Waals surface area contributed by atoms with Crippen LogP contribution < -0.4 is 24.5 Å². The van der Waals surface area contributed by atoms with E-state index < -0.39 is 12.0 Å². The van der Waals surface area contributed by atoms with E-state index in [2.05, 4.69) is 35.9 Å². The van der Waals surface area contributed by atoms with E-state index in [1.165, 1.54) is 11.3 Å². The third kappa shape index (κ3) is 5.39. The molecule has 0 aliphatic carbocycles. The van der Waals surface area contributed by atoms with Gasteiger partial charge in [0.15, 0.2) is 4.80 Å². The Morgan fingerprint density at radius 3 is 2.30 bits per heavy atom. The Hall–Kier alpha value is -3.65. The number of aromatic nitrogens is 1. The molecule has 194 valence electrons. The highest BCUT2D eigenvalue weighted by molar-refractivity contribution is 7.07. The van der Waals surface area contributed by atoms with E-state index in [-0.39, 0.29) is 12.2 Å². The maximum Gasteiger partial charge on any atom is 0.338 e. The Morgan fingerprint density at radius 1 is 1.03 bits per heavy atom. The van der Waals surface area contributed by atoms with Gasteiger partial charge in [-0.3, -0.25) is 9.36 Å². The van der Waals surface area contributed by atoms with Crippen molar-refractivity contribution in [2.45, 2.75) is 40.7 Å². The second-order valence-corrected chi connectivity index (χ2v) is 9.58. The number of rotatable bonds is 9. The van der Waals surface area contributed by atoms with Crippen LogP contribution in [0.2, 0.25) is 0 Å². The number of thiazole rings is 1. The van der Waals surface area contributed by atoms with Gasteiger partial charge in [0.1, 0.15) is 5.75 Å². The first-order valence-electron chi connectivity index (χ1n) is 12.7. The minimum absolute atomic E-state index is 0.190. The fraction of sp³-hybridized carbons (Fsp3) is 0.345. The summed E-state index contributed by atoms with van der Waals surface area (Å²) in [5.74, 6) is 0.258. The number of allylic oxidation sites excluding steroid dienone is 1. The van der Waals surface area contributed by atoms with Crippen molar-refractivity contribution in [1.29, 1.82) is 0 Å². The van der Waals surface area contributed by atoms with E-state index >= 15 is 0 Å². The van der Waals surface area contributed by atoms with E-state index in [0.29, 0.717) is 27.2 Å². The number of carbonyl (C=O) groups excluding carboxylic acids is 1. The maximum absolute atomic E-state index is 13.7. The van der Waals surface area contributed by atoms with Crippen molar-refractivity contribution in [3.8, 4) is 5.75 Å². The number of nitrogens with zero attached hydrogens (tertiary/aromatic N) is 3. The number of benzene rings is 2. The van der Waals surface area contributed by atoms with Crippen molar-refractivity contribution < 1.29 is 14.3 Å². The Morgan fingerprint density at radius 2 is 1.70 bits per heavy atom. The van der Waals surface area contributed by atoms with Gasteiger partial charge in [0.2, 0.25) is 0 Å². The summed E-state index contributed by atoms with van der Waals surface area (Å²) in [6, 6.07) is 15.0. The lowest BCUT2D eigenvalue weighted by Crippen LogP contribution is -2.39. The van der Waals surface area contributed by atoms with Crippen LogP contribution in [-0.4, -0.2) is 36.8 Å². The molecular weight excluding hydrogens is 486 g/mol. The quantitative estimate of drug-likeness (QED) is 0.399. The Bertz CT molecular complexity index is 1460. The summed E-state index contributed by atoms with van der Waals surface area (Å²) < 4.78 is 13.1. The van der Waals surface area contributed by atoms with Crippen LogP contribution in [0.4, 0.5) is 5.69 Å². The second-order valence-electron chi connectivity index (χ2n) is 8.57. The molecule has 1 aromatic heterocycles. The summed E-state index contributed by atoms with van der Waals surface area (Å²) in [7, 11) is 0. The molecule has 0 radical (unpaired) electrons. The SMILES string of the molecule is CCOC(=O)C1=C(C)N=c2s/c(=C\c3ccc(N(CC)CC)cc3)c(=O)n2[C@H]1c1ccc(OCC)cc1. The standard InChI is InChI=1S/C29H33N3O4S/c1-6-31(7-2)22-14-10-20(11-15-22)18-24-27(33)32-26(21-12-16-23(17-13-21)35-8-3)25(28(34)36-9-4)19(5)30-29(32)37-24/h10-18,26H,6-9H2,1-5H3/b24-18-/t26-/m0/s1. The van der Waals surface area contributed by atoms with Gasteiger partial charge >= 0.3 is 5.97 Å². The lowest BCUT2D eigenvalue weighted by Gasteiger charge is -2.24. The van der Waals surface area contributed by atoms with Gasteiger partial charge in [0, 0.05) is 18.8 Å². The van der Waals surface area contributed by atoms with E-state index in [1.54, 1.807) is 18.4 Å². The predicted octanol–water partition coefficient (Wildman–Crippen LogP) is 4.04. The van der Waals surface area contributed by atoms with Gasteiger partial charge in [-0.2, -0.15) is 0 Å². The minimum Gasteiger partial charge on any atom is -0.494 e. The largest absolute Gasteiger partial charge is 0.494 e. The fourth-order valence-electron chi connectivity index (χ4n) is 4.54. The topological polar surface area (TPSA) is 73.1 Å². The molecule has 7 nitrogen and oxygen atoms in total. The van der Waals surface area contributed by atoms with Crippen LogP contribution >= 0.6 is 11.3 Å². The molecule has 0 bridgehead atoms. The smallest absolute Gasteiger partial charge is 0.338 e. The first-order valence-corrected chi connectivity index (χ1v) is 13.5. The lowest BCUT2D eigenvalue weighted by molar-refractivity contribution is -0.139. The summed E-state index contributed by atoms with van der Waals surface area (Å²) in [4.78, 5) is 34.2. The highest BCUT2D eigenvalue weighted by Crippen LogP contribution is 2.31. The van der Waals surface area contributed by atoms with Gasteiger partial charge < -0.3 is 14.4 Å². The third-order valence-corrected chi connectivity index (χ3v) is 7.33.